The third kappa shape index (κ3) is 8.37. The van der Waals surface area contributed by atoms with Gasteiger partial charge in [0, 0.05) is 5.56 Å². The molecule has 0 amide bonds. The number of ether oxygens (including phenoxy) is 3. The molecular weight excluding hydrogens is 404 g/mol. The molecule has 2 aromatic carbocycles. The second kappa shape index (κ2) is 11.2. The van der Waals surface area contributed by atoms with Crippen LogP contribution in [0.15, 0.2) is 48.5 Å². The first-order valence-corrected chi connectivity index (χ1v) is 11.2. The van der Waals surface area contributed by atoms with Crippen molar-refractivity contribution in [2.45, 2.75) is 59.8 Å². The molecule has 5 nitrogen and oxygen atoms in total. The Morgan fingerprint density at radius 2 is 1.28 bits per heavy atom. The highest BCUT2D eigenvalue weighted by Gasteiger charge is 2.27. The molecule has 2 rings (SSSR count). The molecule has 0 fully saturated rings. The first-order chi connectivity index (χ1) is 15.0. The number of carbonyl (C=O) groups is 2. The van der Waals surface area contributed by atoms with Crippen LogP contribution in [0.1, 0.15) is 70.3 Å². The van der Waals surface area contributed by atoms with Crippen LogP contribution in [-0.4, -0.2) is 31.6 Å². The van der Waals surface area contributed by atoms with Gasteiger partial charge >= 0.3 is 5.97 Å². The van der Waals surface area contributed by atoms with Gasteiger partial charge in [-0.1, -0.05) is 46.8 Å². The Hall–Kier alpha value is -2.82. The van der Waals surface area contributed by atoms with Gasteiger partial charge in [0.25, 0.3) is 0 Å². The van der Waals surface area contributed by atoms with Crippen LogP contribution in [0.3, 0.4) is 0 Å². The Bertz CT molecular complexity index is 874. The zero-order chi connectivity index (χ0) is 23.8. The molecule has 0 aliphatic rings. The van der Waals surface area contributed by atoms with E-state index in [1.54, 1.807) is 31.2 Å². The summed E-state index contributed by atoms with van der Waals surface area (Å²) in [5, 5.41) is 0. The predicted octanol–water partition coefficient (Wildman–Crippen LogP) is 5.99. The zero-order valence-electron chi connectivity index (χ0n) is 20.2. The monoisotopic (exact) mass is 440 g/mol. The first-order valence-electron chi connectivity index (χ1n) is 11.2. The lowest BCUT2D eigenvalue weighted by atomic mass is 9.72. The topological polar surface area (TPSA) is 61.8 Å². The van der Waals surface area contributed by atoms with Crippen molar-refractivity contribution >= 4 is 11.8 Å². The molecule has 32 heavy (non-hydrogen) atoms. The molecule has 0 unspecified atom stereocenters. The SMILES string of the molecule is CCOC(=O)CC(=O)c1ccc(OCCOc2ccc(C(C)(C)CC(C)(C)C)cc2)cc1. The summed E-state index contributed by atoms with van der Waals surface area (Å²) in [6.07, 6.45) is 0.843. The van der Waals surface area contributed by atoms with Gasteiger partial charge in [0.2, 0.25) is 0 Å². The number of carbonyl (C=O) groups excluding carboxylic acids is 2. The standard InChI is InChI=1S/C27H36O5/c1-7-30-25(29)18-24(28)20-8-12-22(13-9-20)31-16-17-32-23-14-10-21(11-15-23)27(5,6)19-26(2,3)4/h8-15H,7,16-19H2,1-6H3. The molecule has 0 atom stereocenters. The number of benzene rings is 2. The molecule has 0 saturated carbocycles. The minimum Gasteiger partial charge on any atom is -0.490 e. The van der Waals surface area contributed by atoms with Gasteiger partial charge < -0.3 is 14.2 Å². The van der Waals surface area contributed by atoms with E-state index in [9.17, 15) is 9.59 Å². The Labute approximate surface area is 192 Å². The van der Waals surface area contributed by atoms with Gasteiger partial charge in [-0.2, -0.15) is 0 Å². The minimum atomic E-state index is -0.513. The summed E-state index contributed by atoms with van der Waals surface area (Å²) < 4.78 is 16.3. The van der Waals surface area contributed by atoms with Crippen molar-refractivity contribution in [2.24, 2.45) is 5.41 Å². The summed E-state index contributed by atoms with van der Waals surface area (Å²) in [6, 6.07) is 15.0. The largest absolute Gasteiger partial charge is 0.490 e. The van der Waals surface area contributed by atoms with Gasteiger partial charge in [0.1, 0.15) is 31.1 Å². The number of esters is 1. The van der Waals surface area contributed by atoms with E-state index in [1.165, 1.54) is 5.56 Å². The second-order valence-corrected chi connectivity index (χ2v) is 9.77. The summed E-state index contributed by atoms with van der Waals surface area (Å²) >= 11 is 0. The Morgan fingerprint density at radius 1 is 0.781 bits per heavy atom. The predicted molar refractivity (Wildman–Crippen MR) is 127 cm³/mol. The van der Waals surface area contributed by atoms with Crippen LogP contribution >= 0.6 is 0 Å². The molecule has 5 heteroatoms. The van der Waals surface area contributed by atoms with Crippen molar-refractivity contribution in [1.29, 1.82) is 0 Å². The fourth-order valence-corrected chi connectivity index (χ4v) is 3.93. The van der Waals surface area contributed by atoms with E-state index in [-0.39, 0.29) is 29.6 Å². The van der Waals surface area contributed by atoms with Gasteiger partial charge in [0.15, 0.2) is 5.78 Å². The number of Topliss-reactive ketones (excluding diaryl/α,β-unsaturated/α-hetero) is 1. The van der Waals surface area contributed by atoms with Crippen molar-refractivity contribution < 1.29 is 23.8 Å². The fraction of sp³-hybridized carbons (Fsp3) is 0.481. The maximum absolute atomic E-state index is 12.1. The maximum atomic E-state index is 12.1. The van der Waals surface area contributed by atoms with Crippen molar-refractivity contribution in [3.8, 4) is 11.5 Å². The van der Waals surface area contributed by atoms with Crippen LogP contribution in [0.5, 0.6) is 11.5 Å². The highest BCUT2D eigenvalue weighted by Crippen LogP contribution is 2.36. The van der Waals surface area contributed by atoms with Crippen LogP contribution in [0, 0.1) is 5.41 Å². The lowest BCUT2D eigenvalue weighted by molar-refractivity contribution is -0.141. The molecule has 2 aromatic rings. The van der Waals surface area contributed by atoms with Crippen molar-refractivity contribution in [2.75, 3.05) is 19.8 Å². The van der Waals surface area contributed by atoms with E-state index in [0.717, 1.165) is 12.2 Å². The minimum absolute atomic E-state index is 0.101. The number of hydrogen-bond donors (Lipinski definition) is 0. The van der Waals surface area contributed by atoms with Crippen molar-refractivity contribution in [1.82, 2.24) is 0 Å². The third-order valence-corrected chi connectivity index (χ3v) is 5.02. The fourth-order valence-electron chi connectivity index (χ4n) is 3.93. The number of hydrogen-bond acceptors (Lipinski definition) is 5. The average molecular weight is 441 g/mol. The van der Waals surface area contributed by atoms with Crippen molar-refractivity contribution in [3.63, 3.8) is 0 Å². The highest BCUT2D eigenvalue weighted by atomic mass is 16.5. The van der Waals surface area contributed by atoms with Crippen LogP contribution in [0.4, 0.5) is 0 Å². The van der Waals surface area contributed by atoms with Gasteiger partial charge in [-0.05, 0) is 66.1 Å². The quantitative estimate of drug-likeness (QED) is 0.186. The molecular formula is C27H36O5. The van der Waals surface area contributed by atoms with Crippen LogP contribution in [0.25, 0.3) is 0 Å². The molecule has 0 heterocycles. The van der Waals surface area contributed by atoms with Crippen LogP contribution in [-0.2, 0) is 14.9 Å². The van der Waals surface area contributed by atoms with Crippen LogP contribution in [0.2, 0.25) is 0 Å². The number of ketones is 1. The number of rotatable bonds is 11. The second-order valence-electron chi connectivity index (χ2n) is 9.77. The Morgan fingerprint density at radius 3 is 1.75 bits per heavy atom. The molecule has 0 saturated heterocycles. The molecule has 0 bridgehead atoms. The van der Waals surface area contributed by atoms with Gasteiger partial charge in [-0.25, -0.2) is 0 Å². The summed E-state index contributed by atoms with van der Waals surface area (Å²) in [5.41, 5.74) is 2.12. The molecule has 0 N–H and O–H groups in total. The molecule has 174 valence electrons. The average Bonchev–Trinajstić information content (AvgIpc) is 2.70. The van der Waals surface area contributed by atoms with Crippen LogP contribution < -0.4 is 9.47 Å². The van der Waals surface area contributed by atoms with Gasteiger partial charge in [-0.3, -0.25) is 9.59 Å². The van der Waals surface area contributed by atoms with E-state index in [4.69, 9.17) is 14.2 Å². The molecule has 0 radical (unpaired) electrons. The zero-order valence-corrected chi connectivity index (χ0v) is 20.2. The van der Waals surface area contributed by atoms with E-state index in [0.29, 0.717) is 24.5 Å². The lowest BCUT2D eigenvalue weighted by Gasteiger charge is -2.33. The van der Waals surface area contributed by atoms with E-state index in [2.05, 4.69) is 46.8 Å². The molecule has 0 aliphatic carbocycles. The van der Waals surface area contributed by atoms with Gasteiger partial charge in [0.05, 0.1) is 6.61 Å². The van der Waals surface area contributed by atoms with E-state index in [1.807, 2.05) is 12.1 Å². The smallest absolute Gasteiger partial charge is 0.313 e. The summed E-state index contributed by atoms with van der Waals surface area (Å²) in [4.78, 5) is 23.5. The summed E-state index contributed by atoms with van der Waals surface area (Å²) in [5.74, 6) is 0.664. The molecule has 0 spiro atoms. The van der Waals surface area contributed by atoms with Crippen molar-refractivity contribution in [3.05, 3.63) is 59.7 Å². The highest BCUT2D eigenvalue weighted by molar-refractivity contribution is 6.05. The van der Waals surface area contributed by atoms with Gasteiger partial charge in [-0.15, -0.1) is 0 Å². The van der Waals surface area contributed by atoms with E-state index >= 15 is 0 Å². The Balaban J connectivity index is 1.79. The summed E-state index contributed by atoms with van der Waals surface area (Å²) in [6.45, 7) is 14.1. The lowest BCUT2D eigenvalue weighted by Crippen LogP contribution is -2.24. The third-order valence-electron chi connectivity index (χ3n) is 5.02. The Kier molecular flexibility index (Phi) is 8.88. The van der Waals surface area contributed by atoms with E-state index < -0.39 is 5.97 Å². The first kappa shape index (κ1) is 25.4. The summed E-state index contributed by atoms with van der Waals surface area (Å²) in [7, 11) is 0. The molecule has 0 aliphatic heterocycles. The molecule has 0 aromatic heterocycles. The normalized spacial score (nSPS) is 11.7. The maximum Gasteiger partial charge on any atom is 0.313 e.